The fraction of sp³-hybridized carbons (Fsp3) is 0.111. The lowest BCUT2D eigenvalue weighted by Gasteiger charge is -2.09. The quantitative estimate of drug-likeness (QED) is 0.602. The van der Waals surface area contributed by atoms with Crippen LogP contribution in [0.4, 0.5) is 24.5 Å². The molecule has 5 nitrogen and oxygen atoms in total. The van der Waals surface area contributed by atoms with E-state index in [0.29, 0.717) is 5.69 Å². The standard InChI is InChI=1S/C18H14F3N3O2/c1-10-2-7-14-13(8-10)15(9-22-14)24-17(26)16(25)23-12-5-3-11(4-6-12)18(19,20)21/h2-9,22H,1H3,(H,23,25)(H,24,26). The highest BCUT2D eigenvalue weighted by Crippen LogP contribution is 2.30. The number of alkyl halides is 3. The number of benzene rings is 2. The summed E-state index contributed by atoms with van der Waals surface area (Å²) in [5, 5.41) is 5.50. The zero-order valence-corrected chi connectivity index (χ0v) is 13.6. The van der Waals surface area contributed by atoms with Crippen LogP contribution in [-0.4, -0.2) is 16.8 Å². The molecule has 134 valence electrons. The van der Waals surface area contributed by atoms with Crippen LogP contribution in [0.2, 0.25) is 0 Å². The fourth-order valence-corrected chi connectivity index (χ4v) is 2.45. The van der Waals surface area contributed by atoms with Crippen molar-refractivity contribution in [1.29, 1.82) is 0 Å². The van der Waals surface area contributed by atoms with Crippen LogP contribution in [0.3, 0.4) is 0 Å². The first-order chi connectivity index (χ1) is 12.2. The molecular weight excluding hydrogens is 347 g/mol. The van der Waals surface area contributed by atoms with Crippen LogP contribution in [0.15, 0.2) is 48.7 Å². The summed E-state index contributed by atoms with van der Waals surface area (Å²) in [6.07, 6.45) is -2.90. The minimum Gasteiger partial charge on any atom is -0.359 e. The molecule has 8 heteroatoms. The van der Waals surface area contributed by atoms with E-state index in [-0.39, 0.29) is 5.69 Å². The van der Waals surface area contributed by atoms with Crippen molar-refractivity contribution in [3.05, 3.63) is 59.8 Å². The SMILES string of the molecule is Cc1ccc2[nH]cc(NC(=O)C(=O)Nc3ccc(C(F)(F)F)cc3)c2c1. The molecule has 3 N–H and O–H groups in total. The van der Waals surface area contributed by atoms with Gasteiger partial charge in [0.05, 0.1) is 11.3 Å². The van der Waals surface area contributed by atoms with Gasteiger partial charge in [0.25, 0.3) is 0 Å². The number of amides is 2. The van der Waals surface area contributed by atoms with Crippen LogP contribution in [0.25, 0.3) is 10.9 Å². The summed E-state index contributed by atoms with van der Waals surface area (Å²) in [5.41, 5.74) is 1.48. The van der Waals surface area contributed by atoms with Gasteiger partial charge in [0.15, 0.2) is 0 Å². The molecule has 2 amide bonds. The van der Waals surface area contributed by atoms with Gasteiger partial charge >= 0.3 is 18.0 Å². The largest absolute Gasteiger partial charge is 0.416 e. The minimum atomic E-state index is -4.46. The molecule has 0 unspecified atom stereocenters. The van der Waals surface area contributed by atoms with Crippen molar-refractivity contribution < 1.29 is 22.8 Å². The van der Waals surface area contributed by atoms with Crippen molar-refractivity contribution >= 4 is 34.1 Å². The van der Waals surface area contributed by atoms with E-state index >= 15 is 0 Å². The van der Waals surface area contributed by atoms with E-state index in [9.17, 15) is 22.8 Å². The number of aryl methyl sites for hydroxylation is 1. The van der Waals surface area contributed by atoms with Gasteiger partial charge in [-0.05, 0) is 43.3 Å². The highest BCUT2D eigenvalue weighted by molar-refractivity contribution is 6.44. The number of hydrogen-bond acceptors (Lipinski definition) is 2. The Morgan fingerprint density at radius 1 is 0.962 bits per heavy atom. The highest BCUT2D eigenvalue weighted by Gasteiger charge is 2.30. The number of aromatic amines is 1. The van der Waals surface area contributed by atoms with Crippen molar-refractivity contribution in [2.75, 3.05) is 10.6 Å². The van der Waals surface area contributed by atoms with E-state index in [4.69, 9.17) is 0 Å². The molecule has 0 saturated heterocycles. The molecule has 0 saturated carbocycles. The smallest absolute Gasteiger partial charge is 0.359 e. The van der Waals surface area contributed by atoms with Crippen molar-refractivity contribution in [2.45, 2.75) is 13.1 Å². The Labute approximate surface area is 146 Å². The number of carbonyl (C=O) groups is 2. The topological polar surface area (TPSA) is 74.0 Å². The Kier molecular flexibility index (Phi) is 4.41. The molecule has 0 aliphatic heterocycles. The second kappa shape index (κ2) is 6.55. The van der Waals surface area contributed by atoms with Gasteiger partial charge in [-0.25, -0.2) is 0 Å². The molecule has 0 aliphatic rings. The number of hydrogen-bond donors (Lipinski definition) is 3. The molecule has 0 bridgehead atoms. The van der Waals surface area contributed by atoms with Crippen molar-refractivity contribution in [1.82, 2.24) is 4.98 Å². The third-order valence-electron chi connectivity index (χ3n) is 3.76. The Morgan fingerprint density at radius 3 is 2.27 bits per heavy atom. The van der Waals surface area contributed by atoms with Crippen molar-refractivity contribution in [3.63, 3.8) is 0 Å². The maximum absolute atomic E-state index is 12.5. The summed E-state index contributed by atoms with van der Waals surface area (Å²) in [7, 11) is 0. The molecular formula is C18H14F3N3O2. The molecule has 0 fully saturated rings. The summed E-state index contributed by atoms with van der Waals surface area (Å²) < 4.78 is 37.6. The van der Waals surface area contributed by atoms with Crippen molar-refractivity contribution in [2.24, 2.45) is 0 Å². The molecule has 1 heterocycles. The molecule has 1 aromatic heterocycles. The normalized spacial score (nSPS) is 11.4. The first kappa shape index (κ1) is 17.5. The van der Waals surface area contributed by atoms with Gasteiger partial charge in [-0.1, -0.05) is 11.6 Å². The maximum atomic E-state index is 12.5. The third-order valence-corrected chi connectivity index (χ3v) is 3.76. The summed E-state index contributed by atoms with van der Waals surface area (Å²) >= 11 is 0. The van der Waals surface area contributed by atoms with Crippen LogP contribution < -0.4 is 10.6 Å². The predicted octanol–water partition coefficient (Wildman–Crippen LogP) is 4.07. The molecule has 0 atom stereocenters. The van der Waals surface area contributed by atoms with E-state index in [1.807, 2.05) is 25.1 Å². The summed E-state index contributed by atoms with van der Waals surface area (Å²) in [6, 6.07) is 9.44. The number of rotatable bonds is 2. The second-order valence-corrected chi connectivity index (χ2v) is 5.73. The predicted molar refractivity (Wildman–Crippen MR) is 91.7 cm³/mol. The van der Waals surface area contributed by atoms with Crippen LogP contribution in [0.5, 0.6) is 0 Å². The maximum Gasteiger partial charge on any atom is 0.416 e. The van der Waals surface area contributed by atoms with E-state index in [1.54, 1.807) is 6.20 Å². The van der Waals surface area contributed by atoms with E-state index < -0.39 is 23.6 Å². The van der Waals surface area contributed by atoms with E-state index in [2.05, 4.69) is 15.6 Å². The average molecular weight is 361 g/mol. The van der Waals surface area contributed by atoms with Crippen LogP contribution in [-0.2, 0) is 15.8 Å². The fourth-order valence-electron chi connectivity index (χ4n) is 2.45. The van der Waals surface area contributed by atoms with Gasteiger partial charge < -0.3 is 15.6 Å². The minimum absolute atomic E-state index is 0.0907. The lowest BCUT2D eigenvalue weighted by atomic mass is 10.1. The van der Waals surface area contributed by atoms with E-state index in [0.717, 1.165) is 40.7 Å². The monoisotopic (exact) mass is 361 g/mol. The number of aromatic nitrogens is 1. The van der Waals surface area contributed by atoms with Crippen LogP contribution in [0.1, 0.15) is 11.1 Å². The zero-order chi connectivity index (χ0) is 18.9. The Morgan fingerprint density at radius 2 is 1.62 bits per heavy atom. The van der Waals surface area contributed by atoms with E-state index in [1.165, 1.54) is 0 Å². The second-order valence-electron chi connectivity index (χ2n) is 5.73. The van der Waals surface area contributed by atoms with Crippen molar-refractivity contribution in [3.8, 4) is 0 Å². The van der Waals surface area contributed by atoms with Gasteiger partial charge in [-0.3, -0.25) is 9.59 Å². The first-order valence-electron chi connectivity index (χ1n) is 7.61. The van der Waals surface area contributed by atoms with Gasteiger partial charge in [0, 0.05) is 22.8 Å². The number of anilines is 2. The Balaban J connectivity index is 1.69. The molecule has 2 aromatic carbocycles. The Hall–Kier alpha value is -3.29. The molecule has 26 heavy (non-hydrogen) atoms. The van der Waals surface area contributed by atoms with Crippen LogP contribution >= 0.6 is 0 Å². The molecule has 0 aliphatic carbocycles. The van der Waals surface area contributed by atoms with Gasteiger partial charge in [0.1, 0.15) is 0 Å². The summed E-state index contributed by atoms with van der Waals surface area (Å²) in [6.45, 7) is 1.90. The number of nitrogens with one attached hydrogen (secondary N) is 3. The zero-order valence-electron chi connectivity index (χ0n) is 13.6. The molecule has 3 rings (SSSR count). The number of fused-ring (bicyclic) bond motifs is 1. The molecule has 3 aromatic rings. The average Bonchev–Trinajstić information content (AvgIpc) is 2.96. The highest BCUT2D eigenvalue weighted by atomic mass is 19.4. The van der Waals surface area contributed by atoms with Gasteiger partial charge in [-0.2, -0.15) is 13.2 Å². The van der Waals surface area contributed by atoms with Gasteiger partial charge in [-0.15, -0.1) is 0 Å². The van der Waals surface area contributed by atoms with Crippen LogP contribution in [0, 0.1) is 6.92 Å². The number of H-pyrrole nitrogens is 1. The molecule has 0 radical (unpaired) electrons. The number of halogens is 3. The number of carbonyl (C=O) groups excluding carboxylic acids is 2. The van der Waals surface area contributed by atoms with Gasteiger partial charge in [0.2, 0.25) is 0 Å². The third kappa shape index (κ3) is 3.69. The first-order valence-corrected chi connectivity index (χ1v) is 7.61. The molecule has 0 spiro atoms. The summed E-state index contributed by atoms with van der Waals surface area (Å²) in [5.74, 6) is -1.90. The summed E-state index contributed by atoms with van der Waals surface area (Å²) in [4.78, 5) is 27.0. The lowest BCUT2D eigenvalue weighted by molar-refractivity contribution is -0.137. The lowest BCUT2D eigenvalue weighted by Crippen LogP contribution is -2.29. The Bertz CT molecular complexity index is 976.